The summed E-state index contributed by atoms with van der Waals surface area (Å²) in [6.45, 7) is 3.92. The molecule has 0 amide bonds. The highest BCUT2D eigenvalue weighted by Crippen LogP contribution is 2.21. The molecular weight excluding hydrogens is 270 g/mol. The van der Waals surface area contributed by atoms with Crippen molar-refractivity contribution in [3.05, 3.63) is 17.5 Å². The Hall–Kier alpha value is -1.54. The Bertz CT molecular complexity index is 550. The van der Waals surface area contributed by atoms with Gasteiger partial charge in [-0.25, -0.2) is 4.79 Å². The molecule has 19 heavy (non-hydrogen) atoms. The van der Waals surface area contributed by atoms with Gasteiger partial charge in [-0.2, -0.15) is 12.7 Å². The van der Waals surface area contributed by atoms with E-state index in [1.165, 1.54) is 17.5 Å². The zero-order valence-corrected chi connectivity index (χ0v) is 12.0. The van der Waals surface area contributed by atoms with Crippen LogP contribution in [0, 0.1) is 6.92 Å². The lowest BCUT2D eigenvalue weighted by Crippen LogP contribution is -2.33. The van der Waals surface area contributed by atoms with Crippen LogP contribution in [-0.4, -0.2) is 42.4 Å². The molecule has 8 heteroatoms. The van der Waals surface area contributed by atoms with Crippen molar-refractivity contribution < 1.29 is 18.3 Å². The van der Waals surface area contributed by atoms with Crippen molar-refractivity contribution in [1.29, 1.82) is 0 Å². The summed E-state index contributed by atoms with van der Waals surface area (Å²) in [6, 6.07) is 0. The van der Waals surface area contributed by atoms with Crippen LogP contribution in [0.1, 0.15) is 35.8 Å². The molecule has 0 aliphatic carbocycles. The molecule has 0 atom stereocenters. The van der Waals surface area contributed by atoms with Crippen LogP contribution in [0.5, 0.6) is 0 Å². The SMILES string of the molecule is CCCCN(C)S(=O)(=O)Nc1c[nH]c(C)c1C(=O)O. The first-order valence-electron chi connectivity index (χ1n) is 5.95. The number of hydrogen-bond donors (Lipinski definition) is 3. The van der Waals surface area contributed by atoms with Crippen molar-refractivity contribution in [1.82, 2.24) is 9.29 Å². The third kappa shape index (κ3) is 3.71. The standard InChI is InChI=1S/C11H19N3O4S/c1-4-5-6-14(3)19(17,18)13-9-7-12-8(2)10(9)11(15)16/h7,12-13H,4-6H2,1-3H3,(H,15,16). The zero-order valence-electron chi connectivity index (χ0n) is 11.2. The minimum Gasteiger partial charge on any atom is -0.478 e. The zero-order chi connectivity index (χ0) is 14.6. The molecule has 0 aliphatic rings. The quantitative estimate of drug-likeness (QED) is 0.706. The minimum absolute atomic E-state index is 0.0494. The van der Waals surface area contributed by atoms with E-state index < -0.39 is 16.2 Å². The second-order valence-corrected chi connectivity index (χ2v) is 6.07. The van der Waals surface area contributed by atoms with Crippen molar-refractivity contribution in [2.75, 3.05) is 18.3 Å². The molecule has 0 aromatic carbocycles. The molecule has 0 radical (unpaired) electrons. The summed E-state index contributed by atoms with van der Waals surface area (Å²) in [7, 11) is -2.27. The number of rotatable bonds is 7. The number of aromatic carboxylic acids is 1. The number of hydrogen-bond acceptors (Lipinski definition) is 3. The van der Waals surface area contributed by atoms with Crippen molar-refractivity contribution in [3.8, 4) is 0 Å². The largest absolute Gasteiger partial charge is 0.478 e. The fraction of sp³-hybridized carbons (Fsp3) is 0.545. The van der Waals surface area contributed by atoms with Crippen molar-refractivity contribution in [2.45, 2.75) is 26.7 Å². The first kappa shape index (κ1) is 15.5. The maximum Gasteiger partial charge on any atom is 0.339 e. The van der Waals surface area contributed by atoms with Crippen molar-refractivity contribution >= 4 is 21.9 Å². The molecule has 1 rings (SSSR count). The molecule has 1 aromatic heterocycles. The van der Waals surface area contributed by atoms with E-state index >= 15 is 0 Å². The monoisotopic (exact) mass is 289 g/mol. The van der Waals surface area contributed by atoms with Crippen LogP contribution in [0.25, 0.3) is 0 Å². The summed E-state index contributed by atoms with van der Waals surface area (Å²) >= 11 is 0. The number of carboxylic acids is 1. The van der Waals surface area contributed by atoms with Crippen LogP contribution in [0.3, 0.4) is 0 Å². The van der Waals surface area contributed by atoms with Crippen LogP contribution >= 0.6 is 0 Å². The average Bonchev–Trinajstić information content (AvgIpc) is 2.66. The van der Waals surface area contributed by atoms with Gasteiger partial charge in [0.15, 0.2) is 0 Å². The van der Waals surface area contributed by atoms with E-state index in [2.05, 4.69) is 9.71 Å². The van der Waals surface area contributed by atoms with Gasteiger partial charge in [0, 0.05) is 25.5 Å². The van der Waals surface area contributed by atoms with Gasteiger partial charge in [0.25, 0.3) is 0 Å². The number of aryl methyl sites for hydroxylation is 1. The molecule has 0 aliphatic heterocycles. The Balaban J connectivity index is 2.93. The first-order valence-corrected chi connectivity index (χ1v) is 7.39. The highest BCUT2D eigenvalue weighted by atomic mass is 32.2. The molecule has 1 heterocycles. The Kier molecular flexibility index (Phi) is 4.96. The number of unbranched alkanes of at least 4 members (excludes halogenated alkanes) is 1. The number of carbonyl (C=O) groups is 1. The fourth-order valence-corrected chi connectivity index (χ4v) is 2.56. The van der Waals surface area contributed by atoms with E-state index in [0.717, 1.165) is 12.8 Å². The van der Waals surface area contributed by atoms with Gasteiger partial charge in [0.05, 0.1) is 5.69 Å². The van der Waals surface area contributed by atoms with Crippen LogP contribution in [0.4, 0.5) is 5.69 Å². The summed E-state index contributed by atoms with van der Waals surface area (Å²) in [6.07, 6.45) is 2.96. The van der Waals surface area contributed by atoms with Gasteiger partial charge in [-0.05, 0) is 13.3 Å². The Morgan fingerprint density at radius 1 is 1.53 bits per heavy atom. The number of aromatic nitrogens is 1. The number of nitrogens with one attached hydrogen (secondary N) is 2. The third-order valence-corrected chi connectivity index (χ3v) is 4.25. The molecule has 0 spiro atoms. The summed E-state index contributed by atoms with van der Waals surface area (Å²) < 4.78 is 27.5. The molecule has 108 valence electrons. The van der Waals surface area contributed by atoms with Gasteiger partial charge < -0.3 is 10.1 Å². The van der Waals surface area contributed by atoms with Crippen LogP contribution < -0.4 is 4.72 Å². The molecular formula is C11H19N3O4S. The van der Waals surface area contributed by atoms with Gasteiger partial charge in [0.1, 0.15) is 5.56 Å². The van der Waals surface area contributed by atoms with Crippen LogP contribution in [0.15, 0.2) is 6.20 Å². The second kappa shape index (κ2) is 6.07. The van der Waals surface area contributed by atoms with E-state index in [1.54, 1.807) is 6.92 Å². The number of anilines is 1. The highest BCUT2D eigenvalue weighted by molar-refractivity contribution is 7.90. The number of nitrogens with zero attached hydrogens (tertiary/aromatic N) is 1. The predicted molar refractivity (Wildman–Crippen MR) is 72.6 cm³/mol. The molecule has 0 bridgehead atoms. The number of carboxylic acid groups (broad SMARTS) is 1. The second-order valence-electron chi connectivity index (χ2n) is 4.29. The minimum atomic E-state index is -3.73. The first-order chi connectivity index (χ1) is 8.79. The maximum absolute atomic E-state index is 12.0. The van der Waals surface area contributed by atoms with Gasteiger partial charge in [-0.15, -0.1) is 0 Å². The average molecular weight is 289 g/mol. The van der Waals surface area contributed by atoms with Gasteiger partial charge in [-0.3, -0.25) is 4.72 Å². The lowest BCUT2D eigenvalue weighted by molar-refractivity contribution is 0.0697. The maximum atomic E-state index is 12.0. The van der Waals surface area contributed by atoms with Gasteiger partial charge >= 0.3 is 16.2 Å². The molecule has 3 N–H and O–H groups in total. The molecule has 0 unspecified atom stereocenters. The lowest BCUT2D eigenvalue weighted by atomic mass is 10.2. The summed E-state index contributed by atoms with van der Waals surface area (Å²) in [5.41, 5.74) is 0.391. The predicted octanol–water partition coefficient (Wildman–Crippen LogP) is 1.41. The molecule has 1 aromatic rings. The van der Waals surface area contributed by atoms with Crippen molar-refractivity contribution in [2.24, 2.45) is 0 Å². The number of H-pyrrole nitrogens is 1. The van der Waals surface area contributed by atoms with E-state index in [9.17, 15) is 13.2 Å². The van der Waals surface area contributed by atoms with Crippen molar-refractivity contribution in [3.63, 3.8) is 0 Å². The Labute approximate surface area is 112 Å². The summed E-state index contributed by atoms with van der Waals surface area (Å²) in [5, 5.41) is 9.04. The normalized spacial score (nSPS) is 11.8. The van der Waals surface area contributed by atoms with E-state index in [0.29, 0.717) is 12.2 Å². The Morgan fingerprint density at radius 2 is 2.16 bits per heavy atom. The summed E-state index contributed by atoms with van der Waals surface area (Å²) in [5.74, 6) is -1.17. The van der Waals surface area contributed by atoms with E-state index in [-0.39, 0.29) is 11.3 Å². The molecule has 0 fully saturated rings. The summed E-state index contributed by atoms with van der Waals surface area (Å²) in [4.78, 5) is 13.8. The molecule has 0 saturated carbocycles. The highest BCUT2D eigenvalue weighted by Gasteiger charge is 2.22. The van der Waals surface area contributed by atoms with Crippen LogP contribution in [0.2, 0.25) is 0 Å². The fourth-order valence-electron chi connectivity index (χ4n) is 1.60. The topological polar surface area (TPSA) is 103 Å². The molecule has 7 nitrogen and oxygen atoms in total. The van der Waals surface area contributed by atoms with Gasteiger partial charge in [0.2, 0.25) is 0 Å². The lowest BCUT2D eigenvalue weighted by Gasteiger charge is -2.17. The smallest absolute Gasteiger partial charge is 0.339 e. The van der Waals surface area contributed by atoms with E-state index in [1.807, 2.05) is 6.92 Å². The Morgan fingerprint density at radius 3 is 2.68 bits per heavy atom. The molecule has 0 saturated heterocycles. The van der Waals surface area contributed by atoms with Crippen LogP contribution in [-0.2, 0) is 10.2 Å². The number of aromatic amines is 1. The third-order valence-electron chi connectivity index (χ3n) is 2.77. The van der Waals surface area contributed by atoms with E-state index in [4.69, 9.17) is 5.11 Å². The van der Waals surface area contributed by atoms with Gasteiger partial charge in [-0.1, -0.05) is 13.3 Å².